The summed E-state index contributed by atoms with van der Waals surface area (Å²) in [5.41, 5.74) is 1.34. The summed E-state index contributed by atoms with van der Waals surface area (Å²) in [6, 6.07) is 2.62. The van der Waals surface area contributed by atoms with E-state index in [9.17, 15) is 8.42 Å². The van der Waals surface area contributed by atoms with E-state index < -0.39 is 10.0 Å². The highest BCUT2D eigenvalue weighted by Gasteiger charge is 2.37. The van der Waals surface area contributed by atoms with Gasteiger partial charge in [0.05, 0.1) is 6.26 Å². The van der Waals surface area contributed by atoms with E-state index in [-0.39, 0.29) is 24.5 Å². The average molecular weight is 376 g/mol. The number of sulfonamides is 1. The van der Waals surface area contributed by atoms with Gasteiger partial charge in [-0.15, -0.1) is 12.4 Å². The quantitative estimate of drug-likeness (QED) is 0.794. The highest BCUT2D eigenvalue weighted by molar-refractivity contribution is 7.88. The van der Waals surface area contributed by atoms with Crippen molar-refractivity contribution in [3.05, 3.63) is 24.0 Å². The van der Waals surface area contributed by atoms with Crippen LogP contribution in [0.2, 0.25) is 0 Å². The molecular formula is C17H30ClN3O2S. The molecule has 0 bridgehead atoms. The minimum absolute atomic E-state index is 0. The van der Waals surface area contributed by atoms with E-state index in [1.54, 1.807) is 0 Å². The van der Waals surface area contributed by atoms with Crippen LogP contribution in [0.1, 0.15) is 44.1 Å². The molecular weight excluding hydrogens is 346 g/mol. The Balaban J connectivity index is 0.00000208. The van der Waals surface area contributed by atoms with Crippen molar-refractivity contribution in [2.24, 2.45) is 7.05 Å². The number of hydrogen-bond donors (Lipinski definition) is 0. The largest absolute Gasteiger partial charge is 0.357 e. The highest BCUT2D eigenvalue weighted by Crippen LogP contribution is 2.32. The van der Waals surface area contributed by atoms with Crippen LogP contribution in [0, 0.1) is 0 Å². The fourth-order valence-electron chi connectivity index (χ4n) is 3.94. The van der Waals surface area contributed by atoms with Gasteiger partial charge in [0.2, 0.25) is 10.0 Å². The molecule has 3 rings (SSSR count). The maximum Gasteiger partial charge on any atom is 0.211 e. The lowest BCUT2D eigenvalue weighted by Crippen LogP contribution is -2.49. The Morgan fingerprint density at radius 3 is 2.33 bits per heavy atom. The summed E-state index contributed by atoms with van der Waals surface area (Å²) in [7, 11) is -1.06. The predicted octanol–water partition coefficient (Wildman–Crippen LogP) is 2.62. The molecule has 138 valence electrons. The summed E-state index contributed by atoms with van der Waals surface area (Å²) >= 11 is 0. The molecule has 2 heterocycles. The van der Waals surface area contributed by atoms with Crippen molar-refractivity contribution >= 4 is 22.4 Å². The van der Waals surface area contributed by atoms with Gasteiger partial charge in [-0.2, -0.15) is 4.31 Å². The van der Waals surface area contributed by atoms with E-state index in [0.29, 0.717) is 0 Å². The summed E-state index contributed by atoms with van der Waals surface area (Å²) in [5.74, 6) is 0. The van der Waals surface area contributed by atoms with Gasteiger partial charge >= 0.3 is 0 Å². The highest BCUT2D eigenvalue weighted by atomic mass is 35.5. The third-order valence-corrected chi connectivity index (χ3v) is 6.63. The van der Waals surface area contributed by atoms with Crippen LogP contribution < -0.4 is 0 Å². The first-order chi connectivity index (χ1) is 10.9. The van der Waals surface area contributed by atoms with Crippen LogP contribution in [0.3, 0.4) is 0 Å². The Morgan fingerprint density at radius 1 is 1.12 bits per heavy atom. The maximum atomic E-state index is 12.3. The van der Waals surface area contributed by atoms with Gasteiger partial charge in [0.25, 0.3) is 0 Å². The van der Waals surface area contributed by atoms with Crippen LogP contribution in [0.5, 0.6) is 0 Å². The number of nitrogens with zero attached hydrogens (tertiary/aromatic N) is 3. The van der Waals surface area contributed by atoms with Crippen molar-refractivity contribution in [1.29, 1.82) is 0 Å². The molecule has 0 N–H and O–H groups in total. The van der Waals surface area contributed by atoms with Gasteiger partial charge in [0, 0.05) is 44.6 Å². The first kappa shape index (κ1) is 19.8. The number of rotatable bonds is 5. The lowest BCUT2D eigenvalue weighted by Gasteiger charge is -2.40. The third kappa shape index (κ3) is 4.75. The molecule has 0 radical (unpaired) electrons. The molecule has 2 fully saturated rings. The zero-order chi connectivity index (χ0) is 16.4. The van der Waals surface area contributed by atoms with Crippen molar-refractivity contribution in [3.63, 3.8) is 0 Å². The molecule has 2 aliphatic rings. The zero-order valence-corrected chi connectivity index (χ0v) is 16.4. The summed E-state index contributed by atoms with van der Waals surface area (Å²) in [6.07, 6.45) is 11.9. The Morgan fingerprint density at radius 2 is 1.79 bits per heavy atom. The van der Waals surface area contributed by atoms with Gasteiger partial charge in [0.15, 0.2) is 0 Å². The predicted molar refractivity (Wildman–Crippen MR) is 99.9 cm³/mol. The molecule has 7 heteroatoms. The lowest BCUT2D eigenvalue weighted by atomic mass is 9.91. The molecule has 0 spiro atoms. The monoisotopic (exact) mass is 375 g/mol. The molecule has 0 amide bonds. The van der Waals surface area contributed by atoms with Crippen molar-refractivity contribution in [2.75, 3.05) is 19.3 Å². The van der Waals surface area contributed by atoms with Crippen molar-refractivity contribution in [3.8, 4) is 0 Å². The van der Waals surface area contributed by atoms with Crippen molar-refractivity contribution in [1.82, 2.24) is 13.8 Å². The summed E-state index contributed by atoms with van der Waals surface area (Å²) < 4.78 is 28.5. The van der Waals surface area contributed by atoms with Crippen LogP contribution in [0.15, 0.2) is 18.5 Å². The number of hydrogen-bond acceptors (Lipinski definition) is 3. The van der Waals surface area contributed by atoms with Crippen LogP contribution in [-0.2, 0) is 23.6 Å². The van der Waals surface area contributed by atoms with Crippen LogP contribution in [-0.4, -0.2) is 53.6 Å². The molecule has 1 aromatic heterocycles. The smallest absolute Gasteiger partial charge is 0.211 e. The van der Waals surface area contributed by atoms with Gasteiger partial charge in [-0.3, -0.25) is 4.90 Å². The van der Waals surface area contributed by atoms with Crippen LogP contribution in [0.4, 0.5) is 0 Å². The van der Waals surface area contributed by atoms with E-state index in [1.165, 1.54) is 18.2 Å². The molecule has 1 saturated heterocycles. The Hall–Kier alpha value is -0.560. The minimum atomic E-state index is -3.10. The van der Waals surface area contributed by atoms with E-state index in [1.807, 2.05) is 11.4 Å². The van der Waals surface area contributed by atoms with Crippen molar-refractivity contribution < 1.29 is 8.42 Å². The lowest BCUT2D eigenvalue weighted by molar-refractivity contribution is 0.160. The van der Waals surface area contributed by atoms with Gasteiger partial charge in [-0.05, 0) is 50.3 Å². The van der Waals surface area contributed by atoms with E-state index in [0.717, 1.165) is 51.7 Å². The van der Waals surface area contributed by atoms with Gasteiger partial charge in [0.1, 0.15) is 0 Å². The summed E-state index contributed by atoms with van der Waals surface area (Å²) in [4.78, 5) is 2.47. The fourth-order valence-corrected chi connectivity index (χ4v) is 5.45. The Kier molecular flexibility index (Phi) is 6.76. The van der Waals surface area contributed by atoms with Gasteiger partial charge in [-0.25, -0.2) is 8.42 Å². The molecule has 0 aromatic carbocycles. The Labute approximate surface area is 152 Å². The Bertz CT molecular complexity index is 628. The molecule has 1 atom stereocenters. The van der Waals surface area contributed by atoms with Gasteiger partial charge in [-0.1, -0.05) is 6.42 Å². The number of likely N-dealkylation sites (tertiary alicyclic amines) is 1. The molecule has 1 aliphatic heterocycles. The second-order valence-electron chi connectivity index (χ2n) is 7.22. The van der Waals surface area contributed by atoms with E-state index in [4.69, 9.17) is 0 Å². The number of aryl methyl sites for hydroxylation is 1. The van der Waals surface area contributed by atoms with E-state index in [2.05, 4.69) is 27.9 Å². The molecule has 1 saturated carbocycles. The first-order valence-corrected chi connectivity index (χ1v) is 10.6. The molecule has 1 unspecified atom stereocenters. The minimum Gasteiger partial charge on any atom is -0.357 e. The van der Waals surface area contributed by atoms with Crippen molar-refractivity contribution in [2.45, 2.75) is 57.2 Å². The average Bonchev–Trinajstić information content (AvgIpc) is 2.68. The van der Waals surface area contributed by atoms with Crippen LogP contribution in [0.25, 0.3) is 0 Å². The van der Waals surface area contributed by atoms with Crippen LogP contribution >= 0.6 is 12.4 Å². The molecule has 24 heavy (non-hydrogen) atoms. The standard InChI is InChI=1S/C17H29N3O2S.ClH/c1-18-11-8-15(13-18)14-19-10-4-7-17(9-12-19)20(23(2,21)22)16-5-3-6-16;/h8,11,13,16-17H,3-7,9-10,12,14H2,1-2H3;1H. The topological polar surface area (TPSA) is 45.5 Å². The summed E-state index contributed by atoms with van der Waals surface area (Å²) in [5, 5.41) is 0. The third-order valence-electron chi connectivity index (χ3n) is 5.27. The molecule has 1 aliphatic carbocycles. The number of halogens is 1. The fraction of sp³-hybridized carbons (Fsp3) is 0.765. The second kappa shape index (κ2) is 8.21. The first-order valence-electron chi connectivity index (χ1n) is 8.75. The summed E-state index contributed by atoms with van der Waals surface area (Å²) in [6.45, 7) is 3.02. The SMILES string of the molecule is Cl.Cn1ccc(CN2CCCC(N(C3CCC3)S(C)(=O)=O)CC2)c1. The van der Waals surface area contributed by atoms with Gasteiger partial charge < -0.3 is 4.57 Å². The second-order valence-corrected chi connectivity index (χ2v) is 9.11. The number of aromatic nitrogens is 1. The zero-order valence-electron chi connectivity index (χ0n) is 14.7. The molecule has 5 nitrogen and oxygen atoms in total. The van der Waals surface area contributed by atoms with E-state index >= 15 is 0 Å². The normalized spacial score (nSPS) is 23.5. The maximum absolute atomic E-state index is 12.3. The molecule has 1 aromatic rings.